The minimum absolute atomic E-state index is 0.343. The van der Waals surface area contributed by atoms with Gasteiger partial charge in [0.05, 0.1) is 0 Å². The molecule has 0 atom stereocenters. The van der Waals surface area contributed by atoms with Gasteiger partial charge in [0, 0.05) is 0 Å². The van der Waals surface area contributed by atoms with Crippen LogP contribution in [0.2, 0.25) is 0 Å². The number of hydrogen-bond acceptors (Lipinski definition) is 1. The summed E-state index contributed by atoms with van der Waals surface area (Å²) in [5, 5.41) is 0. The van der Waals surface area contributed by atoms with Gasteiger partial charge in [0.2, 0.25) is 0 Å². The van der Waals surface area contributed by atoms with E-state index < -0.39 is 30.9 Å². The van der Waals surface area contributed by atoms with Crippen LogP contribution in [0.1, 0.15) is 0 Å². The molecule has 0 radical (unpaired) electrons. The number of para-hydroxylation sites is 1. The summed E-state index contributed by atoms with van der Waals surface area (Å²) >= 11 is -1.53. The number of nitrogens with zero attached hydrogens (tertiary/aromatic N) is 1. The fourth-order valence-corrected chi connectivity index (χ4v) is 3.60. The second-order valence-corrected chi connectivity index (χ2v) is 6.70. The summed E-state index contributed by atoms with van der Waals surface area (Å²) in [6.07, 6.45) is -4.37. The number of benzene rings is 2. The summed E-state index contributed by atoms with van der Waals surface area (Å²) < 4.78 is 39.0. The second kappa shape index (κ2) is 6.23. The van der Waals surface area contributed by atoms with E-state index in [1.165, 1.54) is 0 Å². The summed E-state index contributed by atoms with van der Waals surface area (Å²) in [6, 6.07) is 17.0. The van der Waals surface area contributed by atoms with E-state index in [1.807, 2.05) is 0 Å². The standard InChI is InChI=1S/C14H10F3NTe/c15-14(16,17)13(18-11-7-3-1-4-8-11)19-12-9-5-2-6-10-12/h1-10H. The van der Waals surface area contributed by atoms with Gasteiger partial charge >= 0.3 is 119 Å². The Morgan fingerprint density at radius 2 is 1.37 bits per heavy atom. The van der Waals surface area contributed by atoms with Crippen molar-refractivity contribution in [3.63, 3.8) is 0 Å². The monoisotopic (exact) mass is 379 g/mol. The molecular formula is C14H10F3NTe. The zero-order valence-corrected chi connectivity index (χ0v) is 12.1. The fraction of sp³-hybridized carbons (Fsp3) is 0.0714. The molecule has 0 bridgehead atoms. The van der Waals surface area contributed by atoms with Crippen LogP contribution in [0.5, 0.6) is 0 Å². The Labute approximate surface area is 119 Å². The summed E-state index contributed by atoms with van der Waals surface area (Å²) in [5.74, 6) is 0. The van der Waals surface area contributed by atoms with Crippen molar-refractivity contribution in [3.05, 3.63) is 60.7 Å². The second-order valence-electron chi connectivity index (χ2n) is 3.67. The summed E-state index contributed by atoms with van der Waals surface area (Å²) in [5.41, 5.74) is 0.343. The molecule has 2 aromatic rings. The SMILES string of the molecule is FC(F)(F)C(=Nc1ccccc1)[Te]c1ccccc1. The molecular weight excluding hydrogens is 367 g/mol. The van der Waals surface area contributed by atoms with Crippen molar-refractivity contribution >= 4 is 34.0 Å². The van der Waals surface area contributed by atoms with Crippen LogP contribution in [0.4, 0.5) is 18.9 Å². The van der Waals surface area contributed by atoms with Crippen LogP contribution in [-0.2, 0) is 0 Å². The molecule has 0 N–H and O–H groups in total. The number of rotatable bonds is 3. The van der Waals surface area contributed by atoms with Gasteiger partial charge in [0.1, 0.15) is 0 Å². The topological polar surface area (TPSA) is 12.4 Å². The van der Waals surface area contributed by atoms with Crippen LogP contribution in [0.3, 0.4) is 0 Å². The van der Waals surface area contributed by atoms with Crippen LogP contribution in [-0.4, -0.2) is 30.9 Å². The van der Waals surface area contributed by atoms with E-state index in [0.717, 1.165) is 3.61 Å². The van der Waals surface area contributed by atoms with Crippen molar-refractivity contribution in [3.8, 4) is 0 Å². The third kappa shape index (κ3) is 4.38. The number of alkyl halides is 3. The quantitative estimate of drug-likeness (QED) is 0.575. The molecule has 0 spiro atoms. The van der Waals surface area contributed by atoms with E-state index in [4.69, 9.17) is 0 Å². The normalized spacial score (nSPS) is 12.5. The van der Waals surface area contributed by atoms with Gasteiger partial charge in [-0.05, 0) is 0 Å². The van der Waals surface area contributed by atoms with E-state index in [0.29, 0.717) is 5.69 Å². The Morgan fingerprint density at radius 1 is 0.842 bits per heavy atom. The molecule has 2 rings (SSSR count). The zero-order valence-electron chi connectivity index (χ0n) is 9.76. The first-order valence-electron chi connectivity index (χ1n) is 5.49. The Morgan fingerprint density at radius 3 is 1.89 bits per heavy atom. The van der Waals surface area contributed by atoms with Gasteiger partial charge in [-0.1, -0.05) is 0 Å². The first kappa shape index (κ1) is 14.1. The molecule has 0 amide bonds. The van der Waals surface area contributed by atoms with Crippen molar-refractivity contribution in [2.75, 3.05) is 0 Å². The van der Waals surface area contributed by atoms with Crippen molar-refractivity contribution in [2.45, 2.75) is 6.18 Å². The van der Waals surface area contributed by atoms with Gasteiger partial charge in [-0.2, -0.15) is 0 Å². The van der Waals surface area contributed by atoms with Crippen molar-refractivity contribution in [1.29, 1.82) is 0 Å². The van der Waals surface area contributed by atoms with Crippen LogP contribution >= 0.6 is 0 Å². The van der Waals surface area contributed by atoms with Gasteiger partial charge in [0.25, 0.3) is 0 Å². The van der Waals surface area contributed by atoms with E-state index in [9.17, 15) is 13.2 Å². The molecule has 0 saturated carbocycles. The molecule has 98 valence electrons. The van der Waals surface area contributed by atoms with Crippen LogP contribution in [0, 0.1) is 0 Å². The summed E-state index contributed by atoms with van der Waals surface area (Å²) in [6.45, 7) is 0. The summed E-state index contributed by atoms with van der Waals surface area (Å²) in [7, 11) is 0. The van der Waals surface area contributed by atoms with Crippen molar-refractivity contribution < 1.29 is 13.2 Å². The molecule has 19 heavy (non-hydrogen) atoms. The number of aliphatic imine (C=N–C) groups is 1. The van der Waals surface area contributed by atoms with E-state index >= 15 is 0 Å². The Hall–Kier alpha value is -1.31. The molecule has 0 unspecified atom stereocenters. The third-order valence-electron chi connectivity index (χ3n) is 2.19. The van der Waals surface area contributed by atoms with Crippen LogP contribution in [0.15, 0.2) is 65.7 Å². The molecule has 0 heterocycles. The zero-order chi connectivity index (χ0) is 13.7. The predicted molar refractivity (Wildman–Crippen MR) is 71.4 cm³/mol. The average molecular weight is 377 g/mol. The Kier molecular flexibility index (Phi) is 4.62. The van der Waals surface area contributed by atoms with E-state index in [-0.39, 0.29) is 0 Å². The molecule has 1 nitrogen and oxygen atoms in total. The molecule has 0 saturated heterocycles. The number of halogens is 3. The van der Waals surface area contributed by atoms with Gasteiger partial charge in [-0.15, -0.1) is 0 Å². The predicted octanol–water partition coefficient (Wildman–Crippen LogP) is 3.31. The average Bonchev–Trinajstić information content (AvgIpc) is 2.39. The molecule has 0 fully saturated rings. The molecule has 0 aliphatic heterocycles. The molecule has 0 aliphatic carbocycles. The minimum atomic E-state index is -4.37. The third-order valence-corrected chi connectivity index (χ3v) is 5.11. The Bertz CT molecular complexity index is 550. The van der Waals surface area contributed by atoms with E-state index in [1.54, 1.807) is 60.7 Å². The molecule has 5 heteroatoms. The van der Waals surface area contributed by atoms with Gasteiger partial charge in [-0.3, -0.25) is 0 Å². The van der Waals surface area contributed by atoms with E-state index in [2.05, 4.69) is 4.99 Å². The first-order valence-corrected chi connectivity index (χ1v) is 7.82. The Balaban J connectivity index is 2.30. The van der Waals surface area contributed by atoms with Crippen molar-refractivity contribution in [1.82, 2.24) is 0 Å². The maximum atomic E-state index is 13.0. The van der Waals surface area contributed by atoms with Crippen molar-refractivity contribution in [2.24, 2.45) is 4.99 Å². The molecule has 2 aromatic carbocycles. The fourth-order valence-electron chi connectivity index (χ4n) is 1.36. The molecule has 0 aliphatic rings. The first-order chi connectivity index (χ1) is 9.05. The summed E-state index contributed by atoms with van der Waals surface area (Å²) in [4.78, 5) is 3.77. The van der Waals surface area contributed by atoms with Gasteiger partial charge in [0.15, 0.2) is 0 Å². The molecule has 0 aromatic heterocycles. The van der Waals surface area contributed by atoms with Gasteiger partial charge in [-0.25, -0.2) is 0 Å². The maximum absolute atomic E-state index is 13.0. The van der Waals surface area contributed by atoms with Crippen LogP contribution in [0.25, 0.3) is 0 Å². The van der Waals surface area contributed by atoms with Gasteiger partial charge < -0.3 is 0 Å². The van der Waals surface area contributed by atoms with Crippen LogP contribution < -0.4 is 3.61 Å². The number of hydrogen-bond donors (Lipinski definition) is 0.